The van der Waals surface area contributed by atoms with Gasteiger partial charge in [0.05, 0.1) is 18.8 Å². The predicted octanol–water partition coefficient (Wildman–Crippen LogP) is -0.821. The zero-order valence-electron chi connectivity index (χ0n) is 11.2. The molecular formula is C11H22N2O5S. The standard InChI is InChI=1S/C11H22N2O5S/c1-12-5-2-10(3-6-12)13(7-8-14)19(17,18)9-4-11(15)16/h10,14H,2-9H2,1H3,(H,15,16). The number of carboxylic acid groups (broad SMARTS) is 1. The van der Waals surface area contributed by atoms with E-state index in [1.807, 2.05) is 7.05 Å². The lowest BCUT2D eigenvalue weighted by Gasteiger charge is -2.36. The van der Waals surface area contributed by atoms with Crippen LogP contribution in [0.3, 0.4) is 0 Å². The molecule has 1 rings (SSSR count). The molecule has 112 valence electrons. The molecule has 0 aromatic heterocycles. The minimum Gasteiger partial charge on any atom is -0.481 e. The normalized spacial score (nSPS) is 18.9. The van der Waals surface area contributed by atoms with E-state index < -0.39 is 28.2 Å². The zero-order valence-corrected chi connectivity index (χ0v) is 12.0. The fourth-order valence-corrected chi connectivity index (χ4v) is 3.96. The molecule has 7 nitrogen and oxygen atoms in total. The van der Waals surface area contributed by atoms with Crippen LogP contribution in [0.25, 0.3) is 0 Å². The van der Waals surface area contributed by atoms with E-state index in [0.717, 1.165) is 13.1 Å². The van der Waals surface area contributed by atoms with E-state index in [9.17, 15) is 13.2 Å². The molecule has 0 amide bonds. The molecule has 8 heteroatoms. The first-order valence-electron chi connectivity index (χ1n) is 6.37. The fraction of sp³-hybridized carbons (Fsp3) is 0.909. The number of carboxylic acids is 1. The Morgan fingerprint density at radius 2 is 1.95 bits per heavy atom. The van der Waals surface area contributed by atoms with Crippen molar-refractivity contribution in [3.05, 3.63) is 0 Å². The summed E-state index contributed by atoms with van der Waals surface area (Å²) in [6, 6.07) is -0.137. The maximum atomic E-state index is 12.1. The molecule has 0 spiro atoms. The lowest BCUT2D eigenvalue weighted by molar-refractivity contribution is -0.136. The maximum Gasteiger partial charge on any atom is 0.304 e. The number of aliphatic carboxylic acids is 1. The van der Waals surface area contributed by atoms with Crippen LogP contribution >= 0.6 is 0 Å². The van der Waals surface area contributed by atoms with Gasteiger partial charge >= 0.3 is 5.97 Å². The molecule has 1 heterocycles. The van der Waals surface area contributed by atoms with Crippen molar-refractivity contribution in [1.82, 2.24) is 9.21 Å². The first kappa shape index (κ1) is 16.4. The van der Waals surface area contributed by atoms with Crippen LogP contribution in [0.2, 0.25) is 0 Å². The van der Waals surface area contributed by atoms with Gasteiger partial charge in [-0.3, -0.25) is 4.79 Å². The van der Waals surface area contributed by atoms with E-state index in [-0.39, 0.29) is 19.2 Å². The summed E-state index contributed by atoms with van der Waals surface area (Å²) in [4.78, 5) is 12.6. The number of carbonyl (C=O) groups is 1. The Morgan fingerprint density at radius 1 is 1.37 bits per heavy atom. The van der Waals surface area contributed by atoms with Crippen molar-refractivity contribution in [1.29, 1.82) is 0 Å². The van der Waals surface area contributed by atoms with Gasteiger partial charge in [-0.2, -0.15) is 4.31 Å². The van der Waals surface area contributed by atoms with Crippen molar-refractivity contribution in [2.24, 2.45) is 0 Å². The summed E-state index contributed by atoms with van der Waals surface area (Å²) < 4.78 is 25.6. The van der Waals surface area contributed by atoms with Gasteiger partial charge in [0.1, 0.15) is 0 Å². The zero-order chi connectivity index (χ0) is 14.5. The van der Waals surface area contributed by atoms with Crippen LogP contribution < -0.4 is 0 Å². The molecule has 1 aliphatic heterocycles. The van der Waals surface area contributed by atoms with E-state index in [1.54, 1.807) is 0 Å². The highest BCUT2D eigenvalue weighted by Crippen LogP contribution is 2.19. The second-order valence-corrected chi connectivity index (χ2v) is 6.87. The summed E-state index contributed by atoms with van der Waals surface area (Å²) >= 11 is 0. The van der Waals surface area contributed by atoms with Crippen LogP contribution in [-0.2, 0) is 14.8 Å². The molecule has 0 bridgehead atoms. The van der Waals surface area contributed by atoms with Crippen molar-refractivity contribution >= 4 is 16.0 Å². The van der Waals surface area contributed by atoms with E-state index in [2.05, 4.69) is 4.90 Å². The number of nitrogens with zero attached hydrogens (tertiary/aromatic N) is 2. The Balaban J connectivity index is 2.72. The van der Waals surface area contributed by atoms with Gasteiger partial charge in [-0.1, -0.05) is 0 Å². The van der Waals surface area contributed by atoms with Crippen LogP contribution in [0.5, 0.6) is 0 Å². The highest BCUT2D eigenvalue weighted by molar-refractivity contribution is 7.89. The summed E-state index contributed by atoms with van der Waals surface area (Å²) in [6.45, 7) is 1.40. The van der Waals surface area contributed by atoms with Crippen molar-refractivity contribution in [3.8, 4) is 0 Å². The van der Waals surface area contributed by atoms with Crippen LogP contribution in [0.1, 0.15) is 19.3 Å². The Hall–Kier alpha value is -0.700. The molecule has 1 aliphatic rings. The maximum absolute atomic E-state index is 12.1. The number of hydrogen-bond donors (Lipinski definition) is 2. The van der Waals surface area contributed by atoms with Gasteiger partial charge in [0.25, 0.3) is 0 Å². The minimum atomic E-state index is -3.62. The van der Waals surface area contributed by atoms with Crippen LogP contribution in [-0.4, -0.2) is 78.9 Å². The molecule has 19 heavy (non-hydrogen) atoms. The number of rotatable bonds is 7. The van der Waals surface area contributed by atoms with Gasteiger partial charge in [0.15, 0.2) is 0 Å². The average Bonchev–Trinajstić information content (AvgIpc) is 2.35. The Morgan fingerprint density at radius 3 is 2.42 bits per heavy atom. The quantitative estimate of drug-likeness (QED) is 0.636. The third kappa shape index (κ3) is 5.06. The molecule has 0 atom stereocenters. The molecule has 0 aromatic carbocycles. The van der Waals surface area contributed by atoms with Crippen molar-refractivity contribution in [2.45, 2.75) is 25.3 Å². The summed E-state index contributed by atoms with van der Waals surface area (Å²) in [7, 11) is -1.65. The first-order chi connectivity index (χ1) is 8.86. The molecule has 0 radical (unpaired) electrons. The number of hydrogen-bond acceptors (Lipinski definition) is 5. The summed E-state index contributed by atoms with van der Waals surface area (Å²) in [5, 5.41) is 17.6. The van der Waals surface area contributed by atoms with Crippen molar-refractivity contribution < 1.29 is 23.4 Å². The average molecular weight is 294 g/mol. The minimum absolute atomic E-state index is 0.0380. The molecule has 0 aromatic rings. The molecule has 0 saturated carbocycles. The third-order valence-electron chi connectivity index (χ3n) is 3.35. The highest BCUT2D eigenvalue weighted by Gasteiger charge is 2.31. The van der Waals surface area contributed by atoms with Gasteiger partial charge in [-0.15, -0.1) is 0 Å². The van der Waals surface area contributed by atoms with Crippen molar-refractivity contribution in [2.75, 3.05) is 39.0 Å². The van der Waals surface area contributed by atoms with Crippen LogP contribution in [0.15, 0.2) is 0 Å². The Kier molecular flexibility index (Phi) is 6.18. The number of aliphatic hydroxyl groups is 1. The van der Waals surface area contributed by atoms with E-state index in [1.165, 1.54) is 4.31 Å². The van der Waals surface area contributed by atoms with Gasteiger partial charge in [0.2, 0.25) is 10.0 Å². The number of likely N-dealkylation sites (tertiary alicyclic amines) is 1. The van der Waals surface area contributed by atoms with E-state index in [0.29, 0.717) is 12.8 Å². The predicted molar refractivity (Wildman–Crippen MR) is 70.4 cm³/mol. The largest absolute Gasteiger partial charge is 0.481 e. The smallest absolute Gasteiger partial charge is 0.304 e. The Bertz CT molecular complexity index is 390. The first-order valence-corrected chi connectivity index (χ1v) is 7.98. The third-order valence-corrected chi connectivity index (χ3v) is 5.26. The number of sulfonamides is 1. The van der Waals surface area contributed by atoms with E-state index in [4.69, 9.17) is 10.2 Å². The summed E-state index contributed by atoms with van der Waals surface area (Å²) in [6.07, 6.45) is 1.02. The van der Waals surface area contributed by atoms with Crippen LogP contribution in [0.4, 0.5) is 0 Å². The summed E-state index contributed by atoms with van der Waals surface area (Å²) in [5.74, 6) is -1.54. The molecule has 0 aliphatic carbocycles. The van der Waals surface area contributed by atoms with E-state index >= 15 is 0 Å². The lowest BCUT2D eigenvalue weighted by Crippen LogP contribution is -2.48. The molecule has 2 N–H and O–H groups in total. The Labute approximate surface area is 113 Å². The second kappa shape index (κ2) is 7.18. The number of aliphatic hydroxyl groups excluding tert-OH is 1. The molecule has 1 saturated heterocycles. The van der Waals surface area contributed by atoms with Gasteiger partial charge in [0, 0.05) is 12.6 Å². The number of piperidine rings is 1. The molecule has 1 fully saturated rings. The SMILES string of the molecule is CN1CCC(N(CCO)S(=O)(=O)CCC(=O)O)CC1. The van der Waals surface area contributed by atoms with Gasteiger partial charge < -0.3 is 15.1 Å². The topological polar surface area (TPSA) is 98.2 Å². The van der Waals surface area contributed by atoms with Crippen molar-refractivity contribution in [3.63, 3.8) is 0 Å². The highest BCUT2D eigenvalue weighted by atomic mass is 32.2. The molecular weight excluding hydrogens is 272 g/mol. The second-order valence-electron chi connectivity index (χ2n) is 4.83. The van der Waals surface area contributed by atoms with Gasteiger partial charge in [-0.25, -0.2) is 8.42 Å². The monoisotopic (exact) mass is 294 g/mol. The summed E-state index contributed by atoms with van der Waals surface area (Å²) in [5.41, 5.74) is 0. The van der Waals surface area contributed by atoms with Crippen LogP contribution in [0, 0.1) is 0 Å². The van der Waals surface area contributed by atoms with Gasteiger partial charge in [-0.05, 0) is 33.0 Å². The molecule has 0 unspecified atom stereocenters. The lowest BCUT2D eigenvalue weighted by atomic mass is 10.1. The fourth-order valence-electron chi connectivity index (χ4n) is 2.26.